The molecule has 0 radical (unpaired) electrons. The van der Waals surface area contributed by atoms with Crippen molar-refractivity contribution < 1.29 is 4.39 Å². The van der Waals surface area contributed by atoms with Gasteiger partial charge in [0.15, 0.2) is 0 Å². The lowest BCUT2D eigenvalue weighted by molar-refractivity contribution is 0.628. The number of hydrogen-bond acceptors (Lipinski definition) is 3. The number of halogens is 1. The number of fused-ring (bicyclic) bond motifs is 1. The van der Waals surface area contributed by atoms with Gasteiger partial charge in [-0.2, -0.15) is 10.4 Å². The largest absolute Gasteiger partial charge is 0.295 e. The van der Waals surface area contributed by atoms with Crippen LogP contribution in [0.1, 0.15) is 5.69 Å². The predicted octanol–water partition coefficient (Wildman–Crippen LogP) is 4.27. The van der Waals surface area contributed by atoms with E-state index >= 15 is 0 Å². The molecule has 0 aliphatic carbocycles. The molecule has 0 aliphatic heterocycles. The third-order valence-electron chi connectivity index (χ3n) is 4.81. The predicted molar refractivity (Wildman–Crippen MR) is 111 cm³/mol. The van der Waals surface area contributed by atoms with Crippen molar-refractivity contribution in [2.24, 2.45) is 7.05 Å². The summed E-state index contributed by atoms with van der Waals surface area (Å²) in [7, 11) is 1.82. The minimum absolute atomic E-state index is 0.172. The van der Waals surface area contributed by atoms with E-state index in [-0.39, 0.29) is 17.8 Å². The van der Waals surface area contributed by atoms with Crippen LogP contribution in [-0.2, 0) is 13.6 Å². The first-order valence-corrected chi connectivity index (χ1v) is 9.01. The maximum atomic E-state index is 14.0. The van der Waals surface area contributed by atoms with E-state index in [1.807, 2.05) is 31.4 Å². The van der Waals surface area contributed by atoms with E-state index in [2.05, 4.69) is 17.7 Å². The average Bonchev–Trinajstić information content (AvgIpc) is 3.15. The Morgan fingerprint density at radius 2 is 2.00 bits per heavy atom. The van der Waals surface area contributed by atoms with Crippen molar-refractivity contribution in [2.45, 2.75) is 6.54 Å². The van der Waals surface area contributed by atoms with Crippen molar-refractivity contribution >= 4 is 10.8 Å². The first-order valence-electron chi connectivity index (χ1n) is 9.01. The maximum absolute atomic E-state index is 14.0. The van der Waals surface area contributed by atoms with Gasteiger partial charge in [0.05, 0.1) is 5.69 Å². The number of rotatable bonds is 4. The van der Waals surface area contributed by atoms with E-state index in [0.29, 0.717) is 21.9 Å². The molecule has 6 heteroatoms. The highest BCUT2D eigenvalue weighted by Gasteiger charge is 2.19. The van der Waals surface area contributed by atoms with Crippen LogP contribution in [0.4, 0.5) is 4.39 Å². The van der Waals surface area contributed by atoms with Crippen LogP contribution >= 0.6 is 0 Å². The summed E-state index contributed by atoms with van der Waals surface area (Å²) in [6.07, 6.45) is 3.39. The molecule has 0 fully saturated rings. The van der Waals surface area contributed by atoms with Crippen LogP contribution < -0.4 is 5.56 Å². The first-order chi connectivity index (χ1) is 14.0. The Morgan fingerprint density at radius 3 is 2.66 bits per heavy atom. The van der Waals surface area contributed by atoms with Crippen molar-refractivity contribution in [3.8, 4) is 28.5 Å². The standard InChI is InChI=1S/C23H17FN4O/c1-3-10-28-21(14-25)22(16-5-4-6-17(24)12-16)19-13-15(7-8-18(19)23(28)29)20-9-11-27(2)26-20/h3-9,11-13H,1,10H2,2H3. The molecule has 5 nitrogen and oxygen atoms in total. The number of aryl methyl sites for hydroxylation is 1. The highest BCUT2D eigenvalue weighted by atomic mass is 19.1. The maximum Gasteiger partial charge on any atom is 0.259 e. The third kappa shape index (κ3) is 3.13. The number of nitriles is 1. The molecular weight excluding hydrogens is 367 g/mol. The highest BCUT2D eigenvalue weighted by molar-refractivity contribution is 6.00. The van der Waals surface area contributed by atoms with Gasteiger partial charge in [0, 0.05) is 36.3 Å². The molecule has 0 unspecified atom stereocenters. The molecule has 0 spiro atoms. The third-order valence-corrected chi connectivity index (χ3v) is 4.81. The summed E-state index contributed by atoms with van der Waals surface area (Å²) in [5.41, 5.74) is 2.48. The molecule has 0 saturated heterocycles. The number of pyridine rings is 1. The Morgan fingerprint density at radius 1 is 1.17 bits per heavy atom. The molecule has 2 aromatic carbocycles. The van der Waals surface area contributed by atoms with E-state index in [1.54, 1.807) is 29.0 Å². The van der Waals surface area contributed by atoms with Crippen LogP contribution in [0.3, 0.4) is 0 Å². The fraction of sp³-hybridized carbons (Fsp3) is 0.0870. The molecule has 0 aliphatic rings. The van der Waals surface area contributed by atoms with Gasteiger partial charge in [0.2, 0.25) is 0 Å². The van der Waals surface area contributed by atoms with Crippen LogP contribution in [0.25, 0.3) is 33.2 Å². The SMILES string of the molecule is C=CCn1c(C#N)c(-c2cccc(F)c2)c2cc(-c3ccn(C)n3)ccc2c1=O. The number of allylic oxidation sites excluding steroid dienone is 1. The smallest absolute Gasteiger partial charge is 0.259 e. The van der Waals surface area contributed by atoms with Gasteiger partial charge in [-0.3, -0.25) is 14.0 Å². The molecule has 4 aromatic rings. The Balaban J connectivity index is 2.15. The summed E-state index contributed by atoms with van der Waals surface area (Å²) >= 11 is 0. The topological polar surface area (TPSA) is 63.6 Å². The average molecular weight is 384 g/mol. The zero-order valence-corrected chi connectivity index (χ0v) is 15.8. The summed E-state index contributed by atoms with van der Waals surface area (Å²) in [4.78, 5) is 13.1. The lowest BCUT2D eigenvalue weighted by Crippen LogP contribution is -2.23. The molecular formula is C23H17FN4O. The van der Waals surface area contributed by atoms with Crippen molar-refractivity contribution in [2.75, 3.05) is 0 Å². The van der Waals surface area contributed by atoms with Crippen molar-refractivity contribution in [3.63, 3.8) is 0 Å². The summed E-state index contributed by atoms with van der Waals surface area (Å²) in [6, 6.07) is 15.4. The van der Waals surface area contributed by atoms with Gasteiger partial charge < -0.3 is 0 Å². The van der Waals surface area contributed by atoms with Gasteiger partial charge in [0.1, 0.15) is 17.6 Å². The summed E-state index contributed by atoms with van der Waals surface area (Å²) in [5, 5.41) is 15.3. The summed E-state index contributed by atoms with van der Waals surface area (Å²) in [6.45, 7) is 3.87. The van der Waals surface area contributed by atoms with Gasteiger partial charge in [0.25, 0.3) is 5.56 Å². The first kappa shape index (κ1) is 18.4. The second-order valence-corrected chi connectivity index (χ2v) is 6.69. The monoisotopic (exact) mass is 384 g/mol. The number of hydrogen-bond donors (Lipinski definition) is 0. The van der Waals surface area contributed by atoms with Crippen molar-refractivity contribution in [1.29, 1.82) is 5.26 Å². The van der Waals surface area contributed by atoms with Gasteiger partial charge in [-0.15, -0.1) is 6.58 Å². The quantitative estimate of drug-likeness (QED) is 0.494. The molecule has 0 saturated carbocycles. The fourth-order valence-corrected chi connectivity index (χ4v) is 3.53. The van der Waals surface area contributed by atoms with Crippen LogP contribution in [0.2, 0.25) is 0 Å². The van der Waals surface area contributed by atoms with Gasteiger partial charge in [-0.25, -0.2) is 4.39 Å². The number of aromatic nitrogens is 3. The molecule has 29 heavy (non-hydrogen) atoms. The molecule has 4 rings (SSSR count). The van der Waals surface area contributed by atoms with Crippen LogP contribution in [-0.4, -0.2) is 14.3 Å². The molecule has 2 heterocycles. The molecule has 142 valence electrons. The van der Waals surface area contributed by atoms with E-state index in [4.69, 9.17) is 0 Å². The van der Waals surface area contributed by atoms with Gasteiger partial charge in [-0.05, 0) is 41.3 Å². The molecule has 2 aromatic heterocycles. The van der Waals surface area contributed by atoms with E-state index < -0.39 is 5.82 Å². The lowest BCUT2D eigenvalue weighted by atomic mass is 9.95. The zero-order chi connectivity index (χ0) is 20.5. The molecule has 0 N–H and O–H groups in total. The normalized spacial score (nSPS) is 10.8. The highest BCUT2D eigenvalue weighted by Crippen LogP contribution is 2.33. The van der Waals surface area contributed by atoms with Crippen LogP contribution in [0, 0.1) is 17.1 Å². The molecule has 0 atom stereocenters. The number of benzene rings is 2. The van der Waals surface area contributed by atoms with Crippen molar-refractivity contribution in [3.05, 3.63) is 89.2 Å². The molecule has 0 bridgehead atoms. The molecule has 0 amide bonds. The fourth-order valence-electron chi connectivity index (χ4n) is 3.53. The number of nitrogens with zero attached hydrogens (tertiary/aromatic N) is 4. The van der Waals surface area contributed by atoms with Crippen molar-refractivity contribution in [1.82, 2.24) is 14.3 Å². The Bertz CT molecular complexity index is 1360. The van der Waals surface area contributed by atoms with Crippen LogP contribution in [0.5, 0.6) is 0 Å². The van der Waals surface area contributed by atoms with Crippen LogP contribution in [0.15, 0.2) is 72.2 Å². The summed E-state index contributed by atoms with van der Waals surface area (Å²) in [5.74, 6) is -0.415. The van der Waals surface area contributed by atoms with E-state index in [1.165, 1.54) is 16.7 Å². The minimum atomic E-state index is -0.415. The Hall–Kier alpha value is -3.98. The van der Waals surface area contributed by atoms with Gasteiger partial charge in [-0.1, -0.05) is 24.3 Å². The lowest BCUT2D eigenvalue weighted by Gasteiger charge is -2.15. The summed E-state index contributed by atoms with van der Waals surface area (Å²) < 4.78 is 17.0. The van der Waals surface area contributed by atoms with E-state index in [0.717, 1.165) is 11.3 Å². The minimum Gasteiger partial charge on any atom is -0.295 e. The Kier molecular flexibility index (Phi) is 4.57. The zero-order valence-electron chi connectivity index (χ0n) is 15.8. The Labute approximate surface area is 166 Å². The second-order valence-electron chi connectivity index (χ2n) is 6.69. The van der Waals surface area contributed by atoms with Gasteiger partial charge >= 0.3 is 0 Å². The van der Waals surface area contributed by atoms with E-state index in [9.17, 15) is 14.4 Å². The second kappa shape index (κ2) is 7.21.